The van der Waals surface area contributed by atoms with Crippen molar-refractivity contribution in [3.8, 4) is 16.4 Å². The van der Waals surface area contributed by atoms with Gasteiger partial charge in [0.2, 0.25) is 0 Å². The molecule has 1 saturated carbocycles. The first-order valence-electron chi connectivity index (χ1n) is 10.0. The predicted molar refractivity (Wildman–Crippen MR) is 110 cm³/mol. The molecule has 1 atom stereocenters. The molecular weight excluding hydrogens is 386 g/mol. The Kier molecular flexibility index (Phi) is 4.04. The Labute approximate surface area is 172 Å². The van der Waals surface area contributed by atoms with Gasteiger partial charge in [-0.15, -0.1) is 11.3 Å². The Morgan fingerprint density at radius 2 is 2.10 bits per heavy atom. The second-order valence-electron chi connectivity index (χ2n) is 7.74. The molecule has 0 bridgehead atoms. The summed E-state index contributed by atoms with van der Waals surface area (Å²) in [7, 11) is 0. The Morgan fingerprint density at radius 3 is 2.90 bits per heavy atom. The topological polar surface area (TPSA) is 72.3 Å². The summed E-state index contributed by atoms with van der Waals surface area (Å²) < 4.78 is 7.83. The average molecular weight is 407 g/mol. The lowest BCUT2D eigenvalue weighted by atomic mass is 10.1. The highest BCUT2D eigenvalue weighted by atomic mass is 32.1. The summed E-state index contributed by atoms with van der Waals surface area (Å²) in [5.41, 5.74) is 4.90. The Bertz CT molecular complexity index is 1080. The van der Waals surface area contributed by atoms with Crippen LogP contribution >= 0.6 is 11.3 Å². The largest absolute Gasteiger partial charge is 0.366 e. The van der Waals surface area contributed by atoms with Crippen LogP contribution in [0, 0.1) is 0 Å². The van der Waals surface area contributed by atoms with E-state index in [0.717, 1.165) is 34.3 Å². The van der Waals surface area contributed by atoms with Crippen LogP contribution in [0.25, 0.3) is 16.4 Å². The SMILES string of the molecule is O=C(C1CNCCO1)N1Cc2c(-c3nc(C4CC4)cs3)ncn2-c2ccccc21. The molecule has 6 rings (SSSR count). The van der Waals surface area contributed by atoms with E-state index in [1.54, 1.807) is 11.3 Å². The molecule has 0 spiro atoms. The van der Waals surface area contributed by atoms with Crippen LogP contribution in [-0.2, 0) is 16.1 Å². The fourth-order valence-corrected chi connectivity index (χ4v) is 5.02. The number of hydrogen-bond donors (Lipinski definition) is 1. The Balaban J connectivity index is 1.41. The van der Waals surface area contributed by atoms with E-state index in [4.69, 9.17) is 14.7 Å². The average Bonchev–Trinajstić information content (AvgIpc) is 3.35. The summed E-state index contributed by atoms with van der Waals surface area (Å²) in [6, 6.07) is 7.97. The molecule has 2 aromatic heterocycles. The molecule has 3 aromatic rings. The molecule has 3 aliphatic rings. The minimum Gasteiger partial charge on any atom is -0.366 e. The normalized spacial score (nSPS) is 21.0. The lowest BCUT2D eigenvalue weighted by Gasteiger charge is -2.34. The lowest BCUT2D eigenvalue weighted by molar-refractivity contribution is -0.131. The second kappa shape index (κ2) is 6.76. The van der Waals surface area contributed by atoms with Crippen LogP contribution in [0.4, 0.5) is 5.69 Å². The highest BCUT2D eigenvalue weighted by Gasteiger charge is 2.35. The first kappa shape index (κ1) is 17.3. The van der Waals surface area contributed by atoms with Crippen molar-refractivity contribution in [2.75, 3.05) is 24.6 Å². The highest BCUT2D eigenvalue weighted by Crippen LogP contribution is 2.42. The van der Waals surface area contributed by atoms with Crippen molar-refractivity contribution in [1.82, 2.24) is 19.9 Å². The van der Waals surface area contributed by atoms with Crippen molar-refractivity contribution in [1.29, 1.82) is 0 Å². The molecule has 1 unspecified atom stereocenters. The number of rotatable bonds is 3. The number of imidazole rings is 1. The quantitative estimate of drug-likeness (QED) is 0.723. The van der Waals surface area contributed by atoms with Gasteiger partial charge >= 0.3 is 0 Å². The van der Waals surface area contributed by atoms with Gasteiger partial charge in [0.1, 0.15) is 23.1 Å². The number of hydrogen-bond acceptors (Lipinski definition) is 6. The molecule has 2 fully saturated rings. The van der Waals surface area contributed by atoms with E-state index in [0.29, 0.717) is 25.6 Å². The smallest absolute Gasteiger partial charge is 0.257 e. The molecule has 1 amide bonds. The lowest BCUT2D eigenvalue weighted by Crippen LogP contribution is -2.50. The molecule has 1 aromatic carbocycles. The summed E-state index contributed by atoms with van der Waals surface area (Å²) in [5, 5.41) is 6.34. The van der Waals surface area contributed by atoms with Gasteiger partial charge in [-0.25, -0.2) is 9.97 Å². The summed E-state index contributed by atoms with van der Waals surface area (Å²) in [5.74, 6) is 0.606. The zero-order chi connectivity index (χ0) is 19.4. The van der Waals surface area contributed by atoms with Crippen LogP contribution in [0.15, 0.2) is 36.0 Å². The van der Waals surface area contributed by atoms with E-state index in [9.17, 15) is 4.79 Å². The van der Waals surface area contributed by atoms with Crippen molar-refractivity contribution in [3.63, 3.8) is 0 Å². The van der Waals surface area contributed by atoms with Gasteiger partial charge in [-0.2, -0.15) is 0 Å². The number of anilines is 1. The number of ether oxygens (including phenoxy) is 1. The van der Waals surface area contributed by atoms with Crippen molar-refractivity contribution in [2.24, 2.45) is 0 Å². The molecule has 148 valence electrons. The number of nitrogens with one attached hydrogen (secondary N) is 1. The van der Waals surface area contributed by atoms with Gasteiger partial charge in [0.15, 0.2) is 0 Å². The van der Waals surface area contributed by atoms with Crippen LogP contribution in [0.5, 0.6) is 0 Å². The maximum absolute atomic E-state index is 13.3. The van der Waals surface area contributed by atoms with Crippen LogP contribution in [-0.4, -0.2) is 46.2 Å². The number of para-hydroxylation sites is 2. The van der Waals surface area contributed by atoms with E-state index in [1.165, 1.54) is 18.5 Å². The van der Waals surface area contributed by atoms with Crippen molar-refractivity contribution < 1.29 is 9.53 Å². The maximum Gasteiger partial charge on any atom is 0.257 e. The third-order valence-corrected chi connectivity index (χ3v) is 6.66. The molecule has 7 nitrogen and oxygen atoms in total. The van der Waals surface area contributed by atoms with E-state index in [-0.39, 0.29) is 5.91 Å². The summed E-state index contributed by atoms with van der Waals surface area (Å²) in [6.45, 7) is 2.34. The summed E-state index contributed by atoms with van der Waals surface area (Å²) in [6.07, 6.45) is 3.85. The van der Waals surface area contributed by atoms with Gasteiger partial charge in [-0.3, -0.25) is 9.36 Å². The third kappa shape index (κ3) is 2.90. The first-order valence-corrected chi connectivity index (χ1v) is 10.9. The van der Waals surface area contributed by atoms with Crippen LogP contribution in [0.2, 0.25) is 0 Å². The number of thiazole rings is 1. The molecule has 8 heteroatoms. The van der Waals surface area contributed by atoms with Gasteiger partial charge in [0.25, 0.3) is 5.91 Å². The number of aromatic nitrogens is 3. The number of carbonyl (C=O) groups is 1. The number of fused-ring (bicyclic) bond motifs is 3. The minimum atomic E-state index is -0.462. The Morgan fingerprint density at radius 1 is 1.24 bits per heavy atom. The van der Waals surface area contributed by atoms with Crippen LogP contribution in [0.3, 0.4) is 0 Å². The molecule has 1 N–H and O–H groups in total. The molecule has 1 saturated heterocycles. The molecule has 0 radical (unpaired) electrons. The fourth-order valence-electron chi connectivity index (χ4n) is 4.10. The van der Waals surface area contributed by atoms with Gasteiger partial charge < -0.3 is 15.0 Å². The number of amides is 1. The second-order valence-corrected chi connectivity index (χ2v) is 8.60. The van der Waals surface area contributed by atoms with E-state index in [2.05, 4.69) is 15.3 Å². The van der Waals surface area contributed by atoms with Crippen molar-refractivity contribution in [3.05, 3.63) is 47.4 Å². The number of nitrogens with zero attached hydrogens (tertiary/aromatic N) is 4. The Hall–Kier alpha value is -2.55. The standard InChI is InChI=1S/C21H21N5O2S/c27-21(18-9-22-7-8-28-18)25-10-17-19(20-24-14(11-29-20)13-5-6-13)23-12-26(17)16-4-2-1-3-15(16)25/h1-4,11-13,18,22H,5-10H2. The van der Waals surface area contributed by atoms with Gasteiger partial charge in [0.05, 0.1) is 35.9 Å². The van der Waals surface area contributed by atoms with Gasteiger partial charge in [-0.05, 0) is 25.0 Å². The zero-order valence-corrected chi connectivity index (χ0v) is 16.7. The zero-order valence-electron chi connectivity index (χ0n) is 15.9. The minimum absolute atomic E-state index is 0.0131. The number of morpholine rings is 1. The third-order valence-electron chi connectivity index (χ3n) is 5.80. The van der Waals surface area contributed by atoms with Crippen molar-refractivity contribution >= 4 is 22.9 Å². The molecular formula is C21H21N5O2S. The molecule has 29 heavy (non-hydrogen) atoms. The highest BCUT2D eigenvalue weighted by molar-refractivity contribution is 7.13. The molecule has 2 aliphatic heterocycles. The number of carbonyl (C=O) groups excluding carboxylic acids is 1. The predicted octanol–water partition coefficient (Wildman–Crippen LogP) is 2.71. The van der Waals surface area contributed by atoms with E-state index < -0.39 is 6.10 Å². The van der Waals surface area contributed by atoms with Crippen LogP contribution in [0.1, 0.15) is 30.1 Å². The van der Waals surface area contributed by atoms with Gasteiger partial charge in [-0.1, -0.05) is 12.1 Å². The first-order chi connectivity index (χ1) is 14.3. The maximum atomic E-state index is 13.3. The van der Waals surface area contributed by atoms with Gasteiger partial charge in [0, 0.05) is 24.4 Å². The monoisotopic (exact) mass is 407 g/mol. The fraction of sp³-hybridized carbons (Fsp3) is 0.381. The van der Waals surface area contributed by atoms with Crippen LogP contribution < -0.4 is 10.2 Å². The molecule has 1 aliphatic carbocycles. The van der Waals surface area contributed by atoms with E-state index in [1.807, 2.05) is 35.5 Å². The summed E-state index contributed by atoms with van der Waals surface area (Å²) >= 11 is 1.64. The van der Waals surface area contributed by atoms with E-state index >= 15 is 0 Å². The molecule has 4 heterocycles. The summed E-state index contributed by atoms with van der Waals surface area (Å²) in [4.78, 5) is 24.7. The number of benzene rings is 1. The van der Waals surface area contributed by atoms with Crippen molar-refractivity contribution in [2.45, 2.75) is 31.4 Å².